The monoisotopic (exact) mass is 383 g/mol. The molecule has 1 amide bonds. The smallest absolute Gasteiger partial charge is 0.310 e. The summed E-state index contributed by atoms with van der Waals surface area (Å²) in [5, 5.41) is 2.94. The maximum absolute atomic E-state index is 12.4. The quantitative estimate of drug-likeness (QED) is 0.673. The zero-order chi connectivity index (χ0) is 20.7. The highest BCUT2D eigenvalue weighted by atomic mass is 16.5. The lowest BCUT2D eigenvalue weighted by Gasteiger charge is -2.20. The molecule has 150 valence electrons. The number of anilines is 1. The van der Waals surface area contributed by atoms with Crippen LogP contribution in [0.4, 0.5) is 5.69 Å². The molecule has 0 bridgehead atoms. The molecule has 28 heavy (non-hydrogen) atoms. The Balaban J connectivity index is 1.99. The number of ether oxygens (including phenoxy) is 2. The second kappa shape index (κ2) is 9.93. The molecule has 0 radical (unpaired) electrons. The number of benzene rings is 2. The standard InChI is InChI=1S/C23H29NO4/c1-15(2)19-10-7-11-20(16(3)4)23(19)24-21(25)14-28-22(26)13-17-8-6-9-18(12-17)27-5/h6-12,15-16H,13-14H2,1-5H3,(H,24,25). The van der Waals surface area contributed by atoms with Crippen molar-refractivity contribution >= 4 is 17.6 Å². The van der Waals surface area contributed by atoms with Gasteiger partial charge in [-0.2, -0.15) is 0 Å². The SMILES string of the molecule is COc1cccc(CC(=O)OCC(=O)Nc2c(C(C)C)cccc2C(C)C)c1. The van der Waals surface area contributed by atoms with Gasteiger partial charge in [0.2, 0.25) is 0 Å². The van der Waals surface area contributed by atoms with Crippen molar-refractivity contribution in [2.45, 2.75) is 46.0 Å². The van der Waals surface area contributed by atoms with Crippen molar-refractivity contribution in [1.82, 2.24) is 0 Å². The van der Waals surface area contributed by atoms with Gasteiger partial charge in [-0.1, -0.05) is 58.0 Å². The minimum Gasteiger partial charge on any atom is -0.497 e. The minimum atomic E-state index is -0.454. The molecule has 0 saturated heterocycles. The normalized spacial score (nSPS) is 10.8. The first-order chi connectivity index (χ1) is 13.3. The van der Waals surface area contributed by atoms with Crippen LogP contribution in [0.1, 0.15) is 56.2 Å². The first-order valence-corrected chi connectivity index (χ1v) is 9.53. The molecule has 0 unspecified atom stereocenters. The summed E-state index contributed by atoms with van der Waals surface area (Å²) in [5.41, 5.74) is 3.74. The van der Waals surface area contributed by atoms with Gasteiger partial charge >= 0.3 is 5.97 Å². The Morgan fingerprint density at radius 3 is 2.14 bits per heavy atom. The number of esters is 1. The van der Waals surface area contributed by atoms with E-state index < -0.39 is 5.97 Å². The molecule has 0 spiro atoms. The van der Waals surface area contributed by atoms with E-state index in [4.69, 9.17) is 9.47 Å². The summed E-state index contributed by atoms with van der Waals surface area (Å²) in [6.45, 7) is 8.03. The fraction of sp³-hybridized carbons (Fsp3) is 0.391. The summed E-state index contributed by atoms with van der Waals surface area (Å²) in [7, 11) is 1.57. The topological polar surface area (TPSA) is 64.6 Å². The Kier molecular flexibility index (Phi) is 7.61. The zero-order valence-electron chi connectivity index (χ0n) is 17.2. The predicted octanol–water partition coefficient (Wildman–Crippen LogP) is 4.67. The van der Waals surface area contributed by atoms with Gasteiger partial charge < -0.3 is 14.8 Å². The summed E-state index contributed by atoms with van der Waals surface area (Å²) in [4.78, 5) is 24.5. The lowest BCUT2D eigenvalue weighted by Crippen LogP contribution is -2.23. The van der Waals surface area contributed by atoms with E-state index in [-0.39, 0.29) is 30.8 Å². The number of carbonyl (C=O) groups is 2. The number of rotatable bonds is 8. The van der Waals surface area contributed by atoms with Crippen molar-refractivity contribution in [3.05, 3.63) is 59.2 Å². The fourth-order valence-corrected chi connectivity index (χ4v) is 3.02. The van der Waals surface area contributed by atoms with Gasteiger partial charge in [-0.05, 0) is 40.7 Å². The van der Waals surface area contributed by atoms with Gasteiger partial charge in [0, 0.05) is 5.69 Å². The maximum atomic E-state index is 12.4. The number of nitrogens with one attached hydrogen (secondary N) is 1. The molecule has 5 nitrogen and oxygen atoms in total. The molecule has 2 aromatic carbocycles. The van der Waals surface area contributed by atoms with Crippen LogP contribution in [-0.2, 0) is 20.7 Å². The number of carbonyl (C=O) groups excluding carboxylic acids is 2. The fourth-order valence-electron chi connectivity index (χ4n) is 3.02. The van der Waals surface area contributed by atoms with Crippen LogP contribution in [0.5, 0.6) is 5.75 Å². The number of hydrogen-bond acceptors (Lipinski definition) is 4. The largest absolute Gasteiger partial charge is 0.497 e. The van der Waals surface area contributed by atoms with Gasteiger partial charge in [-0.3, -0.25) is 9.59 Å². The summed E-state index contributed by atoms with van der Waals surface area (Å²) >= 11 is 0. The molecule has 2 aromatic rings. The molecule has 0 fully saturated rings. The Hall–Kier alpha value is -2.82. The van der Waals surface area contributed by atoms with Crippen molar-refractivity contribution in [1.29, 1.82) is 0 Å². The van der Waals surface area contributed by atoms with Crippen LogP contribution in [-0.4, -0.2) is 25.6 Å². The van der Waals surface area contributed by atoms with Gasteiger partial charge in [0.1, 0.15) is 5.75 Å². The highest BCUT2D eigenvalue weighted by Crippen LogP contribution is 2.32. The van der Waals surface area contributed by atoms with Crippen LogP contribution >= 0.6 is 0 Å². The summed E-state index contributed by atoms with van der Waals surface area (Å²) < 4.78 is 10.3. The van der Waals surface area contributed by atoms with Crippen LogP contribution in [0.25, 0.3) is 0 Å². The van der Waals surface area contributed by atoms with Gasteiger partial charge in [0.05, 0.1) is 13.5 Å². The number of methoxy groups -OCH3 is 1. The number of para-hydroxylation sites is 1. The molecule has 0 atom stereocenters. The van der Waals surface area contributed by atoms with Crippen molar-refractivity contribution in [2.75, 3.05) is 19.0 Å². The predicted molar refractivity (Wildman–Crippen MR) is 111 cm³/mol. The molecule has 0 saturated carbocycles. The number of hydrogen-bond donors (Lipinski definition) is 1. The van der Waals surface area contributed by atoms with Gasteiger partial charge in [0.15, 0.2) is 6.61 Å². The van der Waals surface area contributed by atoms with Crippen LogP contribution < -0.4 is 10.1 Å². The average Bonchev–Trinajstić information content (AvgIpc) is 2.66. The zero-order valence-corrected chi connectivity index (χ0v) is 17.2. The van der Waals surface area contributed by atoms with E-state index >= 15 is 0 Å². The molecule has 0 aliphatic heterocycles. The molecule has 2 rings (SSSR count). The minimum absolute atomic E-state index is 0.0876. The van der Waals surface area contributed by atoms with E-state index in [1.54, 1.807) is 19.2 Å². The van der Waals surface area contributed by atoms with E-state index in [1.165, 1.54) is 0 Å². The second-order valence-corrected chi connectivity index (χ2v) is 7.36. The summed E-state index contributed by atoms with van der Waals surface area (Å²) in [6.07, 6.45) is 0.0876. The first-order valence-electron chi connectivity index (χ1n) is 9.53. The third-order valence-electron chi connectivity index (χ3n) is 4.48. The van der Waals surface area contributed by atoms with Gasteiger partial charge in [-0.15, -0.1) is 0 Å². The molecular formula is C23H29NO4. The lowest BCUT2D eigenvalue weighted by molar-refractivity contribution is -0.146. The average molecular weight is 383 g/mol. The van der Waals surface area contributed by atoms with Crippen LogP contribution in [0, 0.1) is 0 Å². The van der Waals surface area contributed by atoms with E-state index in [0.717, 1.165) is 22.4 Å². The summed E-state index contributed by atoms with van der Waals surface area (Å²) in [6, 6.07) is 13.2. The summed E-state index contributed by atoms with van der Waals surface area (Å²) in [5.74, 6) is 0.419. The highest BCUT2D eigenvalue weighted by Gasteiger charge is 2.17. The lowest BCUT2D eigenvalue weighted by atomic mass is 9.92. The van der Waals surface area contributed by atoms with Crippen molar-refractivity contribution < 1.29 is 19.1 Å². The van der Waals surface area contributed by atoms with Crippen molar-refractivity contribution in [2.24, 2.45) is 0 Å². The number of amides is 1. The molecular weight excluding hydrogens is 354 g/mol. The third kappa shape index (κ3) is 5.84. The molecule has 0 aliphatic rings. The Labute approximate surface area is 167 Å². The first kappa shape index (κ1) is 21.5. The highest BCUT2D eigenvalue weighted by molar-refractivity contribution is 5.94. The van der Waals surface area contributed by atoms with E-state index in [2.05, 4.69) is 33.0 Å². The van der Waals surface area contributed by atoms with Gasteiger partial charge in [-0.25, -0.2) is 0 Å². The van der Waals surface area contributed by atoms with Crippen molar-refractivity contribution in [3.8, 4) is 5.75 Å². The van der Waals surface area contributed by atoms with E-state index in [1.807, 2.05) is 30.3 Å². The second-order valence-electron chi connectivity index (χ2n) is 7.36. The molecule has 0 aliphatic carbocycles. The Morgan fingerprint density at radius 1 is 0.964 bits per heavy atom. The van der Waals surface area contributed by atoms with Crippen LogP contribution in [0.15, 0.2) is 42.5 Å². The maximum Gasteiger partial charge on any atom is 0.310 e. The Bertz CT molecular complexity index is 801. The van der Waals surface area contributed by atoms with Gasteiger partial charge in [0.25, 0.3) is 5.91 Å². The Morgan fingerprint density at radius 2 is 1.57 bits per heavy atom. The van der Waals surface area contributed by atoms with Crippen LogP contribution in [0.2, 0.25) is 0 Å². The molecule has 5 heteroatoms. The van der Waals surface area contributed by atoms with E-state index in [9.17, 15) is 9.59 Å². The van der Waals surface area contributed by atoms with Crippen LogP contribution in [0.3, 0.4) is 0 Å². The molecule has 0 heterocycles. The van der Waals surface area contributed by atoms with Crippen molar-refractivity contribution in [3.63, 3.8) is 0 Å². The molecule has 1 N–H and O–H groups in total. The van der Waals surface area contributed by atoms with E-state index in [0.29, 0.717) is 5.75 Å². The molecule has 0 aromatic heterocycles. The third-order valence-corrected chi connectivity index (χ3v) is 4.48.